The van der Waals surface area contributed by atoms with Crippen LogP contribution in [0.25, 0.3) is 0 Å². The van der Waals surface area contributed by atoms with Crippen LogP contribution in [0.4, 0.5) is 11.4 Å². The lowest BCUT2D eigenvalue weighted by Crippen LogP contribution is -2.16. The van der Waals surface area contributed by atoms with Crippen LogP contribution in [-0.2, 0) is 9.59 Å². The average Bonchev–Trinajstić information content (AvgIpc) is 2.22. The Morgan fingerprint density at radius 1 is 1.33 bits per heavy atom. The maximum absolute atomic E-state index is 11.4. The molecule has 0 fully saturated rings. The van der Waals surface area contributed by atoms with E-state index in [0.717, 1.165) is 0 Å². The summed E-state index contributed by atoms with van der Waals surface area (Å²) in [5.74, 6) is -0.402. The Morgan fingerprint density at radius 2 is 2.00 bits per heavy atom. The standard InChI is InChI=1S/C11H14ClN3O2.ClH/c1-7(16)14-8-2-3-9(12)10(6-8)15-11(17)4-5-13;/h2-3,6H,4-5,13H2,1H3,(H,14,16)(H,15,17);1H. The third-order valence-corrected chi connectivity index (χ3v) is 2.26. The van der Waals surface area contributed by atoms with Crippen molar-refractivity contribution in [1.29, 1.82) is 0 Å². The summed E-state index contributed by atoms with van der Waals surface area (Å²) in [7, 11) is 0. The molecule has 5 nitrogen and oxygen atoms in total. The summed E-state index contributed by atoms with van der Waals surface area (Å²) in [6, 6.07) is 4.85. The van der Waals surface area contributed by atoms with Gasteiger partial charge in [-0.1, -0.05) is 11.6 Å². The number of nitrogens with one attached hydrogen (secondary N) is 2. The van der Waals surface area contributed by atoms with Crippen molar-refractivity contribution in [3.05, 3.63) is 23.2 Å². The number of carbonyl (C=O) groups excluding carboxylic acids is 2. The van der Waals surface area contributed by atoms with E-state index in [1.54, 1.807) is 18.2 Å². The molecule has 0 aromatic heterocycles. The number of anilines is 2. The topological polar surface area (TPSA) is 84.2 Å². The van der Waals surface area contributed by atoms with Gasteiger partial charge in [-0.15, -0.1) is 12.4 Å². The van der Waals surface area contributed by atoms with E-state index in [1.807, 2.05) is 0 Å². The Morgan fingerprint density at radius 3 is 2.56 bits per heavy atom. The van der Waals surface area contributed by atoms with Crippen molar-refractivity contribution in [3.63, 3.8) is 0 Å². The molecule has 0 bridgehead atoms. The second kappa shape index (κ2) is 7.92. The molecule has 1 rings (SSSR count). The normalized spacial score (nSPS) is 9.28. The first-order chi connectivity index (χ1) is 8.02. The number of hydrogen-bond donors (Lipinski definition) is 3. The minimum Gasteiger partial charge on any atom is -0.330 e. The summed E-state index contributed by atoms with van der Waals surface area (Å²) in [6.45, 7) is 1.68. The van der Waals surface area contributed by atoms with Crippen molar-refractivity contribution in [2.24, 2.45) is 5.73 Å². The summed E-state index contributed by atoms with van der Waals surface area (Å²) in [4.78, 5) is 22.2. The van der Waals surface area contributed by atoms with E-state index in [1.165, 1.54) is 6.92 Å². The number of rotatable bonds is 4. The van der Waals surface area contributed by atoms with E-state index in [0.29, 0.717) is 16.4 Å². The Labute approximate surface area is 116 Å². The van der Waals surface area contributed by atoms with E-state index >= 15 is 0 Å². The van der Waals surface area contributed by atoms with Gasteiger partial charge in [-0.25, -0.2) is 0 Å². The molecule has 7 heteroatoms. The molecular formula is C11H15Cl2N3O2. The fourth-order valence-corrected chi connectivity index (χ4v) is 1.41. The fraction of sp³-hybridized carbons (Fsp3) is 0.273. The summed E-state index contributed by atoms with van der Waals surface area (Å²) in [5.41, 5.74) is 6.30. The first-order valence-corrected chi connectivity index (χ1v) is 5.48. The lowest BCUT2D eigenvalue weighted by molar-refractivity contribution is -0.116. The van der Waals surface area contributed by atoms with Crippen molar-refractivity contribution in [3.8, 4) is 0 Å². The number of hydrogen-bond acceptors (Lipinski definition) is 3. The smallest absolute Gasteiger partial charge is 0.225 e. The van der Waals surface area contributed by atoms with Crippen LogP contribution in [0.5, 0.6) is 0 Å². The number of benzene rings is 1. The highest BCUT2D eigenvalue weighted by molar-refractivity contribution is 6.33. The van der Waals surface area contributed by atoms with Gasteiger partial charge in [-0.3, -0.25) is 9.59 Å². The van der Waals surface area contributed by atoms with Gasteiger partial charge in [0.1, 0.15) is 0 Å². The number of halogens is 2. The zero-order chi connectivity index (χ0) is 12.8. The van der Waals surface area contributed by atoms with E-state index in [4.69, 9.17) is 17.3 Å². The fourth-order valence-electron chi connectivity index (χ4n) is 1.25. The molecule has 0 spiro atoms. The van der Waals surface area contributed by atoms with E-state index in [2.05, 4.69) is 10.6 Å². The monoisotopic (exact) mass is 291 g/mol. The Kier molecular flexibility index (Phi) is 7.35. The van der Waals surface area contributed by atoms with Gasteiger partial charge in [0.15, 0.2) is 0 Å². The van der Waals surface area contributed by atoms with Crippen LogP contribution in [0.15, 0.2) is 18.2 Å². The van der Waals surface area contributed by atoms with Gasteiger partial charge in [-0.2, -0.15) is 0 Å². The minimum atomic E-state index is -0.214. The minimum absolute atomic E-state index is 0. The molecule has 1 aromatic carbocycles. The van der Waals surface area contributed by atoms with Crippen LogP contribution in [0.3, 0.4) is 0 Å². The molecular weight excluding hydrogens is 277 g/mol. The predicted octanol–water partition coefficient (Wildman–Crippen LogP) is 2.01. The highest BCUT2D eigenvalue weighted by Crippen LogP contribution is 2.25. The SMILES string of the molecule is CC(=O)Nc1ccc(Cl)c(NC(=O)CCN)c1.Cl. The maximum Gasteiger partial charge on any atom is 0.225 e. The van der Waals surface area contributed by atoms with Crippen LogP contribution >= 0.6 is 24.0 Å². The van der Waals surface area contributed by atoms with Crippen LogP contribution < -0.4 is 16.4 Å². The van der Waals surface area contributed by atoms with Crippen LogP contribution in [0.1, 0.15) is 13.3 Å². The van der Waals surface area contributed by atoms with Gasteiger partial charge in [0.2, 0.25) is 11.8 Å². The third-order valence-electron chi connectivity index (χ3n) is 1.93. The Bertz CT molecular complexity index is 438. The second-order valence-corrected chi connectivity index (χ2v) is 3.87. The van der Waals surface area contributed by atoms with Crippen LogP contribution in [0, 0.1) is 0 Å². The molecule has 0 saturated heterocycles. The van der Waals surface area contributed by atoms with Crippen molar-refractivity contribution >= 4 is 47.2 Å². The van der Waals surface area contributed by atoms with E-state index < -0.39 is 0 Å². The quantitative estimate of drug-likeness (QED) is 0.793. The number of nitrogens with two attached hydrogens (primary N) is 1. The number of amides is 2. The van der Waals surface area contributed by atoms with E-state index in [-0.39, 0.29) is 37.2 Å². The Balaban J connectivity index is 0.00000289. The summed E-state index contributed by atoms with van der Waals surface area (Å²) in [6.07, 6.45) is 0.223. The highest BCUT2D eigenvalue weighted by Gasteiger charge is 2.06. The van der Waals surface area contributed by atoms with E-state index in [9.17, 15) is 9.59 Å². The molecule has 4 N–H and O–H groups in total. The lowest BCUT2D eigenvalue weighted by atomic mass is 10.2. The molecule has 0 aliphatic rings. The number of carbonyl (C=O) groups is 2. The molecule has 0 atom stereocenters. The molecule has 0 aliphatic carbocycles. The maximum atomic E-state index is 11.4. The molecule has 0 heterocycles. The van der Waals surface area contributed by atoms with Crippen LogP contribution in [-0.4, -0.2) is 18.4 Å². The third kappa shape index (κ3) is 5.35. The second-order valence-electron chi connectivity index (χ2n) is 3.46. The van der Waals surface area contributed by atoms with Gasteiger partial charge in [-0.05, 0) is 18.2 Å². The Hall–Kier alpha value is -1.30. The molecule has 0 unspecified atom stereocenters. The van der Waals surface area contributed by atoms with Gasteiger partial charge >= 0.3 is 0 Å². The molecule has 1 aromatic rings. The molecule has 0 aliphatic heterocycles. The molecule has 100 valence electrons. The molecule has 18 heavy (non-hydrogen) atoms. The predicted molar refractivity (Wildman–Crippen MR) is 75.3 cm³/mol. The summed E-state index contributed by atoms with van der Waals surface area (Å²) in [5, 5.41) is 5.63. The summed E-state index contributed by atoms with van der Waals surface area (Å²) < 4.78 is 0. The van der Waals surface area contributed by atoms with Gasteiger partial charge in [0.25, 0.3) is 0 Å². The van der Waals surface area contributed by atoms with Gasteiger partial charge in [0.05, 0.1) is 10.7 Å². The zero-order valence-corrected chi connectivity index (χ0v) is 11.4. The average molecular weight is 292 g/mol. The van der Waals surface area contributed by atoms with Gasteiger partial charge < -0.3 is 16.4 Å². The molecule has 0 saturated carbocycles. The zero-order valence-electron chi connectivity index (χ0n) is 9.83. The van der Waals surface area contributed by atoms with Crippen molar-refractivity contribution < 1.29 is 9.59 Å². The van der Waals surface area contributed by atoms with Crippen molar-refractivity contribution in [1.82, 2.24) is 0 Å². The van der Waals surface area contributed by atoms with Crippen LogP contribution in [0.2, 0.25) is 5.02 Å². The first-order valence-electron chi connectivity index (χ1n) is 5.10. The molecule has 0 radical (unpaired) electrons. The lowest BCUT2D eigenvalue weighted by Gasteiger charge is -2.09. The first kappa shape index (κ1) is 16.7. The van der Waals surface area contributed by atoms with Gasteiger partial charge in [0, 0.05) is 25.6 Å². The van der Waals surface area contributed by atoms with Crippen molar-refractivity contribution in [2.45, 2.75) is 13.3 Å². The molecule has 2 amide bonds. The largest absolute Gasteiger partial charge is 0.330 e. The summed E-state index contributed by atoms with van der Waals surface area (Å²) >= 11 is 5.92. The highest BCUT2D eigenvalue weighted by atomic mass is 35.5. The van der Waals surface area contributed by atoms with Crippen molar-refractivity contribution in [2.75, 3.05) is 17.2 Å².